The van der Waals surface area contributed by atoms with Crippen LogP contribution in [0.2, 0.25) is 0 Å². The van der Waals surface area contributed by atoms with E-state index in [0.717, 1.165) is 17.3 Å². The summed E-state index contributed by atoms with van der Waals surface area (Å²) in [6, 6.07) is 5.30. The highest BCUT2D eigenvalue weighted by Gasteiger charge is 2.14. The highest BCUT2D eigenvalue weighted by Crippen LogP contribution is 2.13. The molecule has 0 unspecified atom stereocenters. The van der Waals surface area contributed by atoms with Crippen LogP contribution in [-0.4, -0.2) is 42.1 Å². The summed E-state index contributed by atoms with van der Waals surface area (Å²) in [6.07, 6.45) is 1.64. The van der Waals surface area contributed by atoms with E-state index >= 15 is 0 Å². The lowest BCUT2D eigenvalue weighted by Gasteiger charge is -2.17. The van der Waals surface area contributed by atoms with Crippen molar-refractivity contribution in [1.29, 1.82) is 0 Å². The van der Waals surface area contributed by atoms with Gasteiger partial charge in [-0.3, -0.25) is 4.79 Å². The van der Waals surface area contributed by atoms with Crippen LogP contribution in [0.15, 0.2) is 28.9 Å². The van der Waals surface area contributed by atoms with Crippen molar-refractivity contribution in [2.24, 2.45) is 0 Å². The quantitative estimate of drug-likeness (QED) is 0.849. The second-order valence-electron chi connectivity index (χ2n) is 4.89. The SMILES string of the molecule is Cc1cc(CN(C)C(=O)c2ccnc(N(C)C)c2)no1. The van der Waals surface area contributed by atoms with Crippen LogP contribution in [0.5, 0.6) is 0 Å². The van der Waals surface area contributed by atoms with Gasteiger partial charge in [-0.05, 0) is 19.1 Å². The molecule has 0 saturated heterocycles. The number of aromatic nitrogens is 2. The Balaban J connectivity index is 2.12. The maximum Gasteiger partial charge on any atom is 0.254 e. The average Bonchev–Trinajstić information content (AvgIpc) is 2.83. The summed E-state index contributed by atoms with van der Waals surface area (Å²) >= 11 is 0. The lowest BCUT2D eigenvalue weighted by Crippen LogP contribution is -2.26. The number of carbonyl (C=O) groups excluding carboxylic acids is 1. The maximum absolute atomic E-state index is 12.4. The molecule has 0 aliphatic heterocycles. The van der Waals surface area contributed by atoms with E-state index in [-0.39, 0.29) is 5.91 Å². The number of hydrogen-bond acceptors (Lipinski definition) is 5. The smallest absolute Gasteiger partial charge is 0.254 e. The van der Waals surface area contributed by atoms with Crippen molar-refractivity contribution < 1.29 is 9.32 Å². The van der Waals surface area contributed by atoms with E-state index in [2.05, 4.69) is 10.1 Å². The van der Waals surface area contributed by atoms with Gasteiger partial charge in [0.1, 0.15) is 17.3 Å². The van der Waals surface area contributed by atoms with Gasteiger partial charge in [-0.25, -0.2) is 4.98 Å². The number of aryl methyl sites for hydroxylation is 1. The first kappa shape index (κ1) is 14.0. The fourth-order valence-electron chi connectivity index (χ4n) is 1.82. The molecule has 0 saturated carbocycles. The van der Waals surface area contributed by atoms with Crippen molar-refractivity contribution in [2.75, 3.05) is 26.0 Å². The molecule has 2 rings (SSSR count). The van der Waals surface area contributed by atoms with Crippen molar-refractivity contribution in [3.8, 4) is 0 Å². The van der Waals surface area contributed by atoms with Crippen LogP contribution >= 0.6 is 0 Å². The highest BCUT2D eigenvalue weighted by atomic mass is 16.5. The molecule has 0 radical (unpaired) electrons. The van der Waals surface area contributed by atoms with Gasteiger partial charge in [0.15, 0.2) is 0 Å². The molecule has 6 heteroatoms. The third-order valence-electron chi connectivity index (χ3n) is 2.87. The van der Waals surface area contributed by atoms with Gasteiger partial charge in [-0.1, -0.05) is 5.16 Å². The number of hydrogen-bond donors (Lipinski definition) is 0. The highest BCUT2D eigenvalue weighted by molar-refractivity contribution is 5.94. The van der Waals surface area contributed by atoms with E-state index in [1.165, 1.54) is 0 Å². The van der Waals surface area contributed by atoms with Gasteiger partial charge in [0, 0.05) is 39.0 Å². The first-order chi connectivity index (χ1) is 9.47. The Hall–Kier alpha value is -2.37. The lowest BCUT2D eigenvalue weighted by atomic mass is 10.2. The monoisotopic (exact) mass is 274 g/mol. The molecule has 20 heavy (non-hydrogen) atoms. The number of rotatable bonds is 4. The number of anilines is 1. The zero-order valence-electron chi connectivity index (χ0n) is 12.1. The molecule has 0 atom stereocenters. The summed E-state index contributed by atoms with van der Waals surface area (Å²) in [4.78, 5) is 20.0. The molecule has 0 fully saturated rings. The lowest BCUT2D eigenvalue weighted by molar-refractivity contribution is 0.0782. The third kappa shape index (κ3) is 3.14. The maximum atomic E-state index is 12.4. The van der Waals surface area contributed by atoms with Crippen molar-refractivity contribution >= 4 is 11.7 Å². The molecular formula is C14H18N4O2. The molecule has 2 aromatic rings. The van der Waals surface area contributed by atoms with Gasteiger partial charge < -0.3 is 14.3 Å². The number of carbonyl (C=O) groups is 1. The second kappa shape index (κ2) is 5.73. The van der Waals surface area contributed by atoms with Crippen LogP contribution in [0.1, 0.15) is 21.8 Å². The van der Waals surface area contributed by atoms with Crippen LogP contribution < -0.4 is 4.90 Å². The first-order valence-corrected chi connectivity index (χ1v) is 6.28. The minimum Gasteiger partial charge on any atom is -0.363 e. The second-order valence-corrected chi connectivity index (χ2v) is 4.89. The van der Waals surface area contributed by atoms with Crippen molar-refractivity contribution in [1.82, 2.24) is 15.0 Å². The molecule has 0 spiro atoms. The fourth-order valence-corrected chi connectivity index (χ4v) is 1.82. The van der Waals surface area contributed by atoms with Gasteiger partial charge in [-0.15, -0.1) is 0 Å². The van der Waals surface area contributed by atoms with E-state index in [4.69, 9.17) is 4.52 Å². The predicted molar refractivity (Wildman–Crippen MR) is 75.6 cm³/mol. The molecule has 0 bridgehead atoms. The van der Waals surface area contributed by atoms with Crippen LogP contribution in [-0.2, 0) is 6.54 Å². The van der Waals surface area contributed by atoms with Gasteiger partial charge >= 0.3 is 0 Å². The zero-order valence-corrected chi connectivity index (χ0v) is 12.1. The minimum atomic E-state index is -0.0730. The summed E-state index contributed by atoms with van der Waals surface area (Å²) in [5.74, 6) is 1.41. The molecule has 1 amide bonds. The molecule has 2 heterocycles. The van der Waals surface area contributed by atoms with Gasteiger partial charge in [0.2, 0.25) is 0 Å². The van der Waals surface area contributed by atoms with Crippen LogP contribution in [0.25, 0.3) is 0 Å². The van der Waals surface area contributed by atoms with Crippen molar-refractivity contribution in [2.45, 2.75) is 13.5 Å². The Morgan fingerprint density at radius 1 is 1.30 bits per heavy atom. The summed E-state index contributed by atoms with van der Waals surface area (Å²) in [5.41, 5.74) is 1.34. The molecule has 0 aliphatic carbocycles. The van der Waals surface area contributed by atoms with Crippen molar-refractivity contribution in [3.63, 3.8) is 0 Å². The predicted octanol–water partition coefficient (Wildman–Crippen LogP) is 1.72. The minimum absolute atomic E-state index is 0.0730. The van der Waals surface area contributed by atoms with E-state index in [1.54, 1.807) is 30.3 Å². The van der Waals surface area contributed by atoms with Gasteiger partial charge in [-0.2, -0.15) is 0 Å². The summed E-state index contributed by atoms with van der Waals surface area (Å²) < 4.78 is 5.00. The van der Waals surface area contributed by atoms with E-state index in [9.17, 15) is 4.79 Å². The summed E-state index contributed by atoms with van der Waals surface area (Å²) in [5, 5.41) is 3.89. The Kier molecular flexibility index (Phi) is 4.02. The third-order valence-corrected chi connectivity index (χ3v) is 2.87. The molecule has 0 N–H and O–H groups in total. The van der Waals surface area contributed by atoms with E-state index in [0.29, 0.717) is 12.1 Å². The Labute approximate surface area is 118 Å². The molecule has 0 aromatic carbocycles. The van der Waals surface area contributed by atoms with E-state index in [1.807, 2.05) is 32.0 Å². The van der Waals surface area contributed by atoms with Crippen molar-refractivity contribution in [3.05, 3.63) is 41.4 Å². The molecule has 6 nitrogen and oxygen atoms in total. The summed E-state index contributed by atoms with van der Waals surface area (Å²) in [7, 11) is 5.51. The summed E-state index contributed by atoms with van der Waals surface area (Å²) in [6.45, 7) is 2.24. The van der Waals surface area contributed by atoms with Crippen LogP contribution in [0.4, 0.5) is 5.82 Å². The Morgan fingerprint density at radius 2 is 2.05 bits per heavy atom. The number of amides is 1. The number of nitrogens with zero attached hydrogens (tertiary/aromatic N) is 4. The van der Waals surface area contributed by atoms with Crippen LogP contribution in [0.3, 0.4) is 0 Å². The van der Waals surface area contributed by atoms with Gasteiger partial charge in [0.05, 0.1) is 6.54 Å². The topological polar surface area (TPSA) is 62.5 Å². The molecule has 2 aromatic heterocycles. The molecule has 0 aliphatic rings. The number of pyridine rings is 1. The standard InChI is InChI=1S/C14H18N4O2/c1-10-7-12(16-20-10)9-18(4)14(19)11-5-6-15-13(8-11)17(2)3/h5-8H,9H2,1-4H3. The van der Waals surface area contributed by atoms with Gasteiger partial charge in [0.25, 0.3) is 5.91 Å². The normalized spacial score (nSPS) is 10.4. The Morgan fingerprint density at radius 3 is 2.65 bits per heavy atom. The molecule has 106 valence electrons. The first-order valence-electron chi connectivity index (χ1n) is 6.28. The largest absolute Gasteiger partial charge is 0.363 e. The zero-order chi connectivity index (χ0) is 14.7. The van der Waals surface area contributed by atoms with E-state index < -0.39 is 0 Å². The fraction of sp³-hybridized carbons (Fsp3) is 0.357. The molecular weight excluding hydrogens is 256 g/mol. The van der Waals surface area contributed by atoms with Crippen LogP contribution in [0, 0.1) is 6.92 Å². The average molecular weight is 274 g/mol. The Bertz CT molecular complexity index is 607.